The van der Waals surface area contributed by atoms with Crippen molar-refractivity contribution in [2.24, 2.45) is 7.05 Å². The summed E-state index contributed by atoms with van der Waals surface area (Å²) < 4.78 is 6.44. The number of hydrogen-bond donors (Lipinski definition) is 1. The smallest absolute Gasteiger partial charge is 0.343 e. The molecule has 1 aliphatic rings. The topological polar surface area (TPSA) is 96.8 Å². The summed E-state index contributed by atoms with van der Waals surface area (Å²) in [5.74, 6) is -0.557. The number of aryl methyl sites for hydroxylation is 1. The van der Waals surface area contributed by atoms with Gasteiger partial charge in [0.2, 0.25) is 5.91 Å². The number of carbonyl (C=O) groups excluding carboxylic acids is 3. The standard InChI is InChI=1S/C21H26ClN5O4/c1-3-31-21(30)17-13-23-25(2)19(17)24-18(28)14-26-8-5-9-27(11-10-26)20(29)15-6-4-7-16(22)12-15/h4,6-7,12-13H,3,5,8-11,14H2,1-2H3,(H,24,28). The van der Waals surface area contributed by atoms with Crippen LogP contribution in [0.25, 0.3) is 0 Å². The fourth-order valence-corrected chi connectivity index (χ4v) is 3.65. The molecule has 2 aromatic rings. The van der Waals surface area contributed by atoms with Gasteiger partial charge in [-0.3, -0.25) is 19.2 Å². The number of halogens is 1. The Morgan fingerprint density at radius 1 is 1.19 bits per heavy atom. The predicted octanol–water partition coefficient (Wildman–Crippen LogP) is 2.04. The summed E-state index contributed by atoms with van der Waals surface area (Å²) in [4.78, 5) is 41.2. The van der Waals surface area contributed by atoms with Crippen molar-refractivity contribution in [2.75, 3.05) is 44.6 Å². The van der Waals surface area contributed by atoms with E-state index in [1.807, 2.05) is 4.90 Å². The summed E-state index contributed by atoms with van der Waals surface area (Å²) >= 11 is 6.00. The molecule has 2 amide bonds. The lowest BCUT2D eigenvalue weighted by atomic mass is 10.2. The molecule has 0 atom stereocenters. The number of ether oxygens (including phenoxy) is 1. The number of hydrogen-bond acceptors (Lipinski definition) is 6. The number of carbonyl (C=O) groups is 3. The molecule has 0 radical (unpaired) electrons. The van der Waals surface area contributed by atoms with Crippen molar-refractivity contribution in [3.63, 3.8) is 0 Å². The average molecular weight is 448 g/mol. The fourth-order valence-electron chi connectivity index (χ4n) is 3.45. The van der Waals surface area contributed by atoms with Gasteiger partial charge in [0.25, 0.3) is 5.91 Å². The lowest BCUT2D eigenvalue weighted by Crippen LogP contribution is -2.38. The molecule has 0 unspecified atom stereocenters. The van der Waals surface area contributed by atoms with E-state index in [2.05, 4.69) is 10.4 Å². The van der Waals surface area contributed by atoms with Gasteiger partial charge in [0, 0.05) is 43.8 Å². The summed E-state index contributed by atoms with van der Waals surface area (Å²) in [7, 11) is 1.64. The van der Waals surface area contributed by atoms with Gasteiger partial charge in [-0.1, -0.05) is 17.7 Å². The van der Waals surface area contributed by atoms with Crippen LogP contribution in [-0.4, -0.2) is 76.7 Å². The third kappa shape index (κ3) is 5.83. The minimum absolute atomic E-state index is 0.0669. The molecular formula is C21H26ClN5O4. The fraction of sp³-hybridized carbons (Fsp3) is 0.429. The van der Waals surface area contributed by atoms with Crippen molar-refractivity contribution in [1.29, 1.82) is 0 Å². The van der Waals surface area contributed by atoms with Gasteiger partial charge in [-0.15, -0.1) is 0 Å². The van der Waals surface area contributed by atoms with Crippen LogP contribution in [0.2, 0.25) is 5.02 Å². The van der Waals surface area contributed by atoms with Crippen molar-refractivity contribution in [3.8, 4) is 0 Å². The van der Waals surface area contributed by atoms with E-state index < -0.39 is 5.97 Å². The summed E-state index contributed by atoms with van der Waals surface area (Å²) in [6.45, 7) is 4.47. The molecule has 1 aromatic carbocycles. The van der Waals surface area contributed by atoms with Gasteiger partial charge in [0.1, 0.15) is 11.4 Å². The lowest BCUT2D eigenvalue weighted by Gasteiger charge is -2.22. The van der Waals surface area contributed by atoms with Crippen LogP contribution in [-0.2, 0) is 16.6 Å². The first-order valence-corrected chi connectivity index (χ1v) is 10.5. The molecule has 0 saturated carbocycles. The van der Waals surface area contributed by atoms with Crippen LogP contribution < -0.4 is 5.32 Å². The molecule has 166 valence electrons. The second-order valence-electron chi connectivity index (χ2n) is 7.23. The van der Waals surface area contributed by atoms with Crippen molar-refractivity contribution in [1.82, 2.24) is 19.6 Å². The first-order valence-electron chi connectivity index (χ1n) is 10.1. The predicted molar refractivity (Wildman–Crippen MR) is 116 cm³/mol. The van der Waals surface area contributed by atoms with E-state index in [4.69, 9.17) is 16.3 Å². The Hall–Kier alpha value is -2.91. The van der Waals surface area contributed by atoms with Crippen molar-refractivity contribution in [2.45, 2.75) is 13.3 Å². The van der Waals surface area contributed by atoms with E-state index in [1.165, 1.54) is 10.9 Å². The number of nitrogens with one attached hydrogen (secondary N) is 1. The highest BCUT2D eigenvalue weighted by Crippen LogP contribution is 2.16. The largest absolute Gasteiger partial charge is 0.462 e. The van der Waals surface area contributed by atoms with Crippen LogP contribution in [0.15, 0.2) is 30.5 Å². The summed E-state index contributed by atoms with van der Waals surface area (Å²) in [5.41, 5.74) is 0.772. The van der Waals surface area contributed by atoms with Gasteiger partial charge >= 0.3 is 5.97 Å². The third-order valence-electron chi connectivity index (χ3n) is 5.01. The summed E-state index contributed by atoms with van der Waals surface area (Å²) in [6, 6.07) is 6.90. The Morgan fingerprint density at radius 3 is 2.74 bits per heavy atom. The second kappa shape index (κ2) is 10.4. The van der Waals surface area contributed by atoms with Crippen LogP contribution in [0, 0.1) is 0 Å². The van der Waals surface area contributed by atoms with E-state index in [0.717, 1.165) is 6.42 Å². The number of rotatable bonds is 6. The van der Waals surface area contributed by atoms with Gasteiger partial charge in [-0.05, 0) is 31.5 Å². The van der Waals surface area contributed by atoms with Gasteiger partial charge in [-0.25, -0.2) is 4.79 Å². The molecule has 0 spiro atoms. The first kappa shape index (κ1) is 22.8. The second-order valence-corrected chi connectivity index (χ2v) is 7.67. The highest BCUT2D eigenvalue weighted by Gasteiger charge is 2.23. The normalized spacial score (nSPS) is 14.7. The van der Waals surface area contributed by atoms with Crippen molar-refractivity contribution < 1.29 is 19.1 Å². The first-order chi connectivity index (χ1) is 14.9. The van der Waals surface area contributed by atoms with Gasteiger partial charge < -0.3 is 15.0 Å². The van der Waals surface area contributed by atoms with E-state index in [-0.39, 0.29) is 30.5 Å². The number of esters is 1. The Morgan fingerprint density at radius 2 is 2.00 bits per heavy atom. The molecule has 10 heteroatoms. The zero-order chi connectivity index (χ0) is 22.4. The maximum Gasteiger partial charge on any atom is 0.343 e. The highest BCUT2D eigenvalue weighted by molar-refractivity contribution is 6.30. The van der Waals surface area contributed by atoms with Gasteiger partial charge in [0.15, 0.2) is 0 Å². The lowest BCUT2D eigenvalue weighted by molar-refractivity contribution is -0.117. The molecule has 0 bridgehead atoms. The van der Waals surface area contributed by atoms with E-state index >= 15 is 0 Å². The minimum atomic E-state index is -0.532. The Balaban J connectivity index is 1.57. The SMILES string of the molecule is CCOC(=O)c1cnn(C)c1NC(=O)CN1CCCN(C(=O)c2cccc(Cl)c2)CC1. The molecule has 1 fully saturated rings. The molecule has 1 aromatic heterocycles. The minimum Gasteiger partial charge on any atom is -0.462 e. The van der Waals surface area contributed by atoms with Crippen molar-refractivity contribution >= 4 is 35.2 Å². The van der Waals surface area contributed by atoms with Crippen LogP contribution in [0.5, 0.6) is 0 Å². The molecule has 9 nitrogen and oxygen atoms in total. The monoisotopic (exact) mass is 447 g/mol. The number of anilines is 1. The molecular weight excluding hydrogens is 422 g/mol. The number of amides is 2. The Labute approximate surface area is 185 Å². The van der Waals surface area contributed by atoms with Crippen molar-refractivity contribution in [3.05, 3.63) is 46.6 Å². The quantitative estimate of drug-likeness (QED) is 0.680. The third-order valence-corrected chi connectivity index (χ3v) is 5.24. The summed E-state index contributed by atoms with van der Waals surface area (Å²) in [6.07, 6.45) is 2.12. The zero-order valence-corrected chi connectivity index (χ0v) is 18.4. The van der Waals surface area contributed by atoms with Gasteiger partial charge in [-0.2, -0.15) is 5.10 Å². The molecule has 31 heavy (non-hydrogen) atoms. The molecule has 1 saturated heterocycles. The van der Waals surface area contributed by atoms with E-state index in [0.29, 0.717) is 42.6 Å². The number of nitrogens with zero attached hydrogens (tertiary/aromatic N) is 4. The highest BCUT2D eigenvalue weighted by atomic mass is 35.5. The van der Waals surface area contributed by atoms with E-state index in [9.17, 15) is 14.4 Å². The van der Waals surface area contributed by atoms with Crippen LogP contribution in [0.1, 0.15) is 34.1 Å². The van der Waals surface area contributed by atoms with Gasteiger partial charge in [0.05, 0.1) is 19.3 Å². The number of aromatic nitrogens is 2. The van der Waals surface area contributed by atoms with Crippen LogP contribution in [0.3, 0.4) is 0 Å². The van der Waals surface area contributed by atoms with Crippen LogP contribution in [0.4, 0.5) is 5.82 Å². The number of benzene rings is 1. The van der Waals surface area contributed by atoms with E-state index in [1.54, 1.807) is 43.1 Å². The maximum absolute atomic E-state index is 12.8. The summed E-state index contributed by atoms with van der Waals surface area (Å²) in [5, 5.41) is 7.31. The Kier molecular flexibility index (Phi) is 7.64. The Bertz CT molecular complexity index is 961. The average Bonchev–Trinajstić information content (AvgIpc) is 2.95. The maximum atomic E-state index is 12.8. The zero-order valence-electron chi connectivity index (χ0n) is 17.6. The molecule has 0 aliphatic carbocycles. The van der Waals surface area contributed by atoms with Crippen LogP contribution >= 0.6 is 11.6 Å². The molecule has 1 aliphatic heterocycles. The molecule has 3 rings (SSSR count). The molecule has 2 heterocycles. The molecule has 1 N–H and O–H groups in total.